The molecular weight excluding hydrogens is 250 g/mol. The van der Waals surface area contributed by atoms with Crippen molar-refractivity contribution in [2.45, 2.75) is 12.5 Å². The molecule has 0 unspecified atom stereocenters. The van der Waals surface area contributed by atoms with Crippen LogP contribution in [0.3, 0.4) is 0 Å². The molecule has 1 aromatic carbocycles. The van der Waals surface area contributed by atoms with E-state index in [1.54, 1.807) is 19.5 Å². The van der Waals surface area contributed by atoms with Gasteiger partial charge in [0.15, 0.2) is 11.5 Å². The fourth-order valence-corrected chi connectivity index (χ4v) is 1.84. The standard InChI is InChI=1S/C14H14ClNO2/c1-17-13-4-2-3-12(9-15)14(13)18-10-11-5-7-16-8-6-11/h2-8H,9-10H2,1H3. The van der Waals surface area contributed by atoms with Gasteiger partial charge in [-0.1, -0.05) is 12.1 Å². The lowest BCUT2D eigenvalue weighted by atomic mass is 10.2. The topological polar surface area (TPSA) is 31.4 Å². The lowest BCUT2D eigenvalue weighted by molar-refractivity contribution is 0.282. The molecule has 18 heavy (non-hydrogen) atoms. The summed E-state index contributed by atoms with van der Waals surface area (Å²) in [5.41, 5.74) is 1.97. The molecule has 0 fully saturated rings. The maximum absolute atomic E-state index is 5.90. The molecule has 4 heteroatoms. The normalized spacial score (nSPS) is 10.1. The quantitative estimate of drug-likeness (QED) is 0.775. The number of benzene rings is 1. The molecule has 0 atom stereocenters. The molecule has 0 saturated heterocycles. The predicted octanol–water partition coefficient (Wildman–Crippen LogP) is 3.41. The van der Waals surface area contributed by atoms with Crippen LogP contribution in [0.15, 0.2) is 42.7 Å². The number of ether oxygens (including phenoxy) is 2. The third-order valence-corrected chi connectivity index (χ3v) is 2.84. The number of nitrogens with zero attached hydrogens (tertiary/aromatic N) is 1. The van der Waals surface area contributed by atoms with Crippen molar-refractivity contribution in [3.63, 3.8) is 0 Å². The third kappa shape index (κ3) is 2.93. The van der Waals surface area contributed by atoms with Crippen molar-refractivity contribution in [2.75, 3.05) is 7.11 Å². The summed E-state index contributed by atoms with van der Waals surface area (Å²) in [6.45, 7) is 0.465. The Hall–Kier alpha value is -1.74. The van der Waals surface area contributed by atoms with Gasteiger partial charge in [0, 0.05) is 18.0 Å². The molecule has 2 rings (SSSR count). The van der Waals surface area contributed by atoms with Gasteiger partial charge in [0.05, 0.1) is 13.0 Å². The van der Waals surface area contributed by atoms with Gasteiger partial charge in [0.2, 0.25) is 0 Å². The molecule has 94 valence electrons. The first-order chi connectivity index (χ1) is 8.85. The highest BCUT2D eigenvalue weighted by molar-refractivity contribution is 6.17. The van der Waals surface area contributed by atoms with Gasteiger partial charge in [-0.15, -0.1) is 11.6 Å². The van der Waals surface area contributed by atoms with Crippen molar-refractivity contribution in [3.05, 3.63) is 53.9 Å². The smallest absolute Gasteiger partial charge is 0.166 e. The molecular formula is C14H14ClNO2. The summed E-state index contributed by atoms with van der Waals surface area (Å²) in [5.74, 6) is 1.79. The molecule has 0 aliphatic carbocycles. The van der Waals surface area contributed by atoms with Crippen LogP contribution in [0.5, 0.6) is 11.5 Å². The Morgan fingerprint density at radius 2 is 1.94 bits per heavy atom. The summed E-state index contributed by atoms with van der Waals surface area (Å²) >= 11 is 5.90. The van der Waals surface area contributed by atoms with Crippen LogP contribution in [0.25, 0.3) is 0 Å². The molecule has 1 aromatic heterocycles. The molecule has 0 amide bonds. The number of aromatic nitrogens is 1. The summed E-state index contributed by atoms with van der Waals surface area (Å²) < 4.78 is 11.1. The first kappa shape index (κ1) is 12.7. The van der Waals surface area contributed by atoms with E-state index in [9.17, 15) is 0 Å². The average molecular weight is 264 g/mol. The number of hydrogen-bond acceptors (Lipinski definition) is 3. The molecule has 0 bridgehead atoms. The van der Waals surface area contributed by atoms with Gasteiger partial charge >= 0.3 is 0 Å². The molecule has 2 aromatic rings. The van der Waals surface area contributed by atoms with Crippen molar-refractivity contribution in [1.29, 1.82) is 0 Å². The Kier molecular flexibility index (Phi) is 4.42. The molecule has 0 N–H and O–H groups in total. The maximum Gasteiger partial charge on any atom is 0.166 e. The SMILES string of the molecule is COc1cccc(CCl)c1OCc1ccncc1. The van der Waals surface area contributed by atoms with E-state index in [4.69, 9.17) is 21.1 Å². The van der Waals surface area contributed by atoms with E-state index in [-0.39, 0.29) is 0 Å². The lowest BCUT2D eigenvalue weighted by Gasteiger charge is -2.13. The molecule has 0 aliphatic heterocycles. The van der Waals surface area contributed by atoms with Crippen LogP contribution in [0.4, 0.5) is 0 Å². The van der Waals surface area contributed by atoms with Gasteiger partial charge in [0.1, 0.15) is 6.61 Å². The Morgan fingerprint density at radius 3 is 2.61 bits per heavy atom. The molecule has 0 radical (unpaired) electrons. The van der Waals surface area contributed by atoms with E-state index in [0.717, 1.165) is 11.1 Å². The van der Waals surface area contributed by atoms with E-state index in [1.165, 1.54) is 0 Å². The first-order valence-corrected chi connectivity index (χ1v) is 6.12. The molecule has 0 spiro atoms. The lowest BCUT2D eigenvalue weighted by Crippen LogP contribution is -2.00. The Balaban J connectivity index is 2.17. The second kappa shape index (κ2) is 6.26. The zero-order valence-electron chi connectivity index (χ0n) is 10.1. The molecule has 3 nitrogen and oxygen atoms in total. The summed E-state index contributed by atoms with van der Waals surface area (Å²) in [4.78, 5) is 3.97. The number of alkyl halides is 1. The minimum Gasteiger partial charge on any atom is -0.493 e. The number of methoxy groups -OCH3 is 1. The monoisotopic (exact) mass is 263 g/mol. The van der Waals surface area contributed by atoms with Crippen molar-refractivity contribution in [1.82, 2.24) is 4.98 Å². The van der Waals surface area contributed by atoms with Crippen LogP contribution in [0.2, 0.25) is 0 Å². The third-order valence-electron chi connectivity index (χ3n) is 2.56. The van der Waals surface area contributed by atoms with Crippen LogP contribution >= 0.6 is 11.6 Å². The first-order valence-electron chi connectivity index (χ1n) is 5.58. The van der Waals surface area contributed by atoms with Crippen LogP contribution in [-0.2, 0) is 12.5 Å². The zero-order chi connectivity index (χ0) is 12.8. The second-order valence-electron chi connectivity index (χ2n) is 3.73. The average Bonchev–Trinajstić information content (AvgIpc) is 2.45. The zero-order valence-corrected chi connectivity index (χ0v) is 10.9. The fraction of sp³-hybridized carbons (Fsp3) is 0.214. The number of hydrogen-bond donors (Lipinski definition) is 0. The van der Waals surface area contributed by atoms with Gasteiger partial charge in [0.25, 0.3) is 0 Å². The summed E-state index contributed by atoms with van der Waals surface area (Å²) in [6.07, 6.45) is 3.48. The highest BCUT2D eigenvalue weighted by atomic mass is 35.5. The van der Waals surface area contributed by atoms with E-state index in [0.29, 0.717) is 24.0 Å². The van der Waals surface area contributed by atoms with Gasteiger partial charge in [-0.25, -0.2) is 0 Å². The molecule has 0 saturated carbocycles. The number of halogens is 1. The highest BCUT2D eigenvalue weighted by Gasteiger charge is 2.09. The Morgan fingerprint density at radius 1 is 1.17 bits per heavy atom. The van der Waals surface area contributed by atoms with Crippen molar-refractivity contribution in [2.24, 2.45) is 0 Å². The van der Waals surface area contributed by atoms with Gasteiger partial charge < -0.3 is 9.47 Å². The number of para-hydroxylation sites is 1. The van der Waals surface area contributed by atoms with E-state index < -0.39 is 0 Å². The van der Waals surface area contributed by atoms with Crippen molar-refractivity contribution < 1.29 is 9.47 Å². The largest absolute Gasteiger partial charge is 0.493 e. The summed E-state index contributed by atoms with van der Waals surface area (Å²) in [7, 11) is 1.62. The van der Waals surface area contributed by atoms with Crippen LogP contribution in [0.1, 0.15) is 11.1 Å². The van der Waals surface area contributed by atoms with Crippen LogP contribution in [0, 0.1) is 0 Å². The molecule has 1 heterocycles. The van der Waals surface area contributed by atoms with Crippen LogP contribution < -0.4 is 9.47 Å². The highest BCUT2D eigenvalue weighted by Crippen LogP contribution is 2.32. The number of rotatable bonds is 5. The molecule has 0 aliphatic rings. The number of pyridine rings is 1. The van der Waals surface area contributed by atoms with E-state index in [1.807, 2.05) is 30.3 Å². The van der Waals surface area contributed by atoms with Gasteiger partial charge in [-0.3, -0.25) is 4.98 Å². The summed E-state index contributed by atoms with van der Waals surface area (Å²) in [5, 5.41) is 0. The van der Waals surface area contributed by atoms with Gasteiger partial charge in [-0.2, -0.15) is 0 Å². The Bertz CT molecular complexity index is 480. The second-order valence-corrected chi connectivity index (χ2v) is 3.99. The van der Waals surface area contributed by atoms with Crippen LogP contribution in [-0.4, -0.2) is 12.1 Å². The summed E-state index contributed by atoms with van der Waals surface area (Å²) in [6, 6.07) is 9.51. The van der Waals surface area contributed by atoms with E-state index >= 15 is 0 Å². The predicted molar refractivity (Wildman–Crippen MR) is 71.1 cm³/mol. The van der Waals surface area contributed by atoms with Crippen molar-refractivity contribution in [3.8, 4) is 11.5 Å². The maximum atomic E-state index is 5.90. The van der Waals surface area contributed by atoms with E-state index in [2.05, 4.69) is 4.98 Å². The minimum absolute atomic E-state index is 0.392. The van der Waals surface area contributed by atoms with Gasteiger partial charge in [-0.05, 0) is 23.8 Å². The minimum atomic E-state index is 0.392. The van der Waals surface area contributed by atoms with Crippen molar-refractivity contribution >= 4 is 11.6 Å². The Labute approximate surface area is 111 Å². The fourth-order valence-electron chi connectivity index (χ4n) is 1.63.